The van der Waals surface area contributed by atoms with Gasteiger partial charge < -0.3 is 5.32 Å². The van der Waals surface area contributed by atoms with Crippen LogP contribution in [0.5, 0.6) is 0 Å². The van der Waals surface area contributed by atoms with Gasteiger partial charge >= 0.3 is 0 Å². The van der Waals surface area contributed by atoms with Crippen LogP contribution < -0.4 is 5.32 Å². The molecule has 1 aliphatic carbocycles. The summed E-state index contributed by atoms with van der Waals surface area (Å²) in [6.07, 6.45) is 6.16. The highest BCUT2D eigenvalue weighted by molar-refractivity contribution is 7.11. The highest BCUT2D eigenvalue weighted by Crippen LogP contribution is 2.34. The van der Waals surface area contributed by atoms with E-state index < -0.39 is 0 Å². The Bertz CT molecular complexity index is 344. The average molecular weight is 238 g/mol. The van der Waals surface area contributed by atoms with Gasteiger partial charge in [0.1, 0.15) is 0 Å². The largest absolute Gasteiger partial charge is 0.312 e. The summed E-state index contributed by atoms with van der Waals surface area (Å²) in [4.78, 5) is 6.31. The van der Waals surface area contributed by atoms with Crippen molar-refractivity contribution in [2.24, 2.45) is 5.92 Å². The molecular weight excluding hydrogens is 216 g/mol. The smallest absolute Gasteiger partial charge is 0.0931 e. The van der Waals surface area contributed by atoms with Gasteiger partial charge in [-0.05, 0) is 45.1 Å². The number of thiazole rings is 1. The Morgan fingerprint density at radius 3 is 3.00 bits per heavy atom. The zero-order chi connectivity index (χ0) is 11.5. The molecule has 1 unspecified atom stereocenters. The number of nitrogens with zero attached hydrogens (tertiary/aromatic N) is 1. The van der Waals surface area contributed by atoms with Crippen LogP contribution >= 0.6 is 11.3 Å². The lowest BCUT2D eigenvalue weighted by molar-refractivity contribution is 0.500. The number of rotatable bonds is 4. The fraction of sp³-hybridized carbons (Fsp3) is 0.769. The number of hydrogen-bond acceptors (Lipinski definition) is 3. The summed E-state index contributed by atoms with van der Waals surface area (Å²) in [6, 6.07) is 0.564. The van der Waals surface area contributed by atoms with E-state index in [1.165, 1.54) is 41.3 Å². The fourth-order valence-electron chi connectivity index (χ4n) is 2.26. The summed E-state index contributed by atoms with van der Waals surface area (Å²) in [5.41, 5.74) is 1.37. The number of hydrogen-bond donors (Lipinski definition) is 1. The summed E-state index contributed by atoms with van der Waals surface area (Å²) >= 11 is 1.94. The Morgan fingerprint density at radius 1 is 1.50 bits per heavy atom. The normalized spacial score (nSPS) is 20.1. The maximum atomic E-state index is 4.80. The van der Waals surface area contributed by atoms with Crippen molar-refractivity contribution < 1.29 is 0 Å². The zero-order valence-corrected chi connectivity index (χ0v) is 11.4. The van der Waals surface area contributed by atoms with Gasteiger partial charge in [-0.25, -0.2) is 4.98 Å². The van der Waals surface area contributed by atoms with Crippen LogP contribution in [0.1, 0.15) is 54.7 Å². The lowest BCUT2D eigenvalue weighted by Gasteiger charge is -2.20. The Balaban J connectivity index is 2.09. The second-order valence-corrected chi connectivity index (χ2v) is 6.20. The molecule has 1 N–H and O–H groups in total. The Labute approximate surface area is 102 Å². The average Bonchev–Trinajstić information content (AvgIpc) is 2.68. The molecule has 1 aliphatic rings. The zero-order valence-electron chi connectivity index (χ0n) is 10.5. The molecule has 0 bridgehead atoms. The van der Waals surface area contributed by atoms with Gasteiger partial charge in [-0.15, -0.1) is 11.3 Å². The molecule has 0 aromatic carbocycles. The van der Waals surface area contributed by atoms with E-state index in [0.29, 0.717) is 6.04 Å². The molecule has 2 nitrogen and oxygen atoms in total. The molecule has 0 amide bonds. The molecule has 1 aromatic heterocycles. The molecule has 1 aromatic rings. The number of nitrogens with one attached hydrogen (secondary N) is 1. The number of aryl methyl sites for hydroxylation is 2. The first-order valence-electron chi connectivity index (χ1n) is 6.36. The Morgan fingerprint density at radius 2 is 2.31 bits per heavy atom. The molecule has 16 heavy (non-hydrogen) atoms. The molecule has 3 heteroatoms. The van der Waals surface area contributed by atoms with Crippen molar-refractivity contribution in [3.8, 4) is 0 Å². The summed E-state index contributed by atoms with van der Waals surface area (Å²) < 4.78 is 0. The number of fused-ring (bicyclic) bond motifs is 1. The van der Waals surface area contributed by atoms with Crippen LogP contribution in [0.4, 0.5) is 0 Å². The van der Waals surface area contributed by atoms with Gasteiger partial charge in [0.2, 0.25) is 0 Å². The van der Waals surface area contributed by atoms with E-state index in [0.717, 1.165) is 12.3 Å². The van der Waals surface area contributed by atoms with E-state index in [2.05, 4.69) is 26.2 Å². The third kappa shape index (κ3) is 2.64. The van der Waals surface area contributed by atoms with Crippen LogP contribution in [0.3, 0.4) is 0 Å². The Kier molecular flexibility index (Phi) is 3.98. The monoisotopic (exact) mass is 238 g/mol. The SMILES string of the molecule is CNC1CCCc2nc(CCC(C)C)sc21. The van der Waals surface area contributed by atoms with Crippen molar-refractivity contribution in [3.63, 3.8) is 0 Å². The number of aromatic nitrogens is 1. The minimum Gasteiger partial charge on any atom is -0.312 e. The first-order valence-corrected chi connectivity index (χ1v) is 7.18. The van der Waals surface area contributed by atoms with Crippen molar-refractivity contribution in [1.29, 1.82) is 0 Å². The van der Waals surface area contributed by atoms with Crippen molar-refractivity contribution in [2.75, 3.05) is 7.05 Å². The van der Waals surface area contributed by atoms with E-state index >= 15 is 0 Å². The molecule has 0 saturated carbocycles. The van der Waals surface area contributed by atoms with Crippen LogP contribution in [0.25, 0.3) is 0 Å². The van der Waals surface area contributed by atoms with Gasteiger partial charge in [-0.1, -0.05) is 13.8 Å². The molecule has 0 fully saturated rings. The fourth-order valence-corrected chi connectivity index (χ4v) is 3.54. The van der Waals surface area contributed by atoms with Gasteiger partial charge in [0, 0.05) is 10.9 Å². The van der Waals surface area contributed by atoms with Crippen molar-refractivity contribution in [3.05, 3.63) is 15.6 Å². The third-order valence-corrected chi connectivity index (χ3v) is 4.55. The molecule has 1 atom stereocenters. The summed E-state index contributed by atoms with van der Waals surface area (Å²) in [5, 5.41) is 4.76. The van der Waals surface area contributed by atoms with Crippen molar-refractivity contribution in [1.82, 2.24) is 10.3 Å². The molecule has 0 aliphatic heterocycles. The highest BCUT2D eigenvalue weighted by Gasteiger charge is 2.22. The first kappa shape index (κ1) is 12.1. The molecule has 2 rings (SSSR count). The minimum absolute atomic E-state index is 0.564. The predicted molar refractivity (Wildman–Crippen MR) is 70.0 cm³/mol. The van der Waals surface area contributed by atoms with E-state index in [-0.39, 0.29) is 0 Å². The third-order valence-electron chi connectivity index (χ3n) is 3.28. The van der Waals surface area contributed by atoms with Crippen molar-refractivity contribution in [2.45, 2.75) is 52.0 Å². The van der Waals surface area contributed by atoms with Crippen LogP contribution in [0, 0.1) is 5.92 Å². The van der Waals surface area contributed by atoms with Gasteiger partial charge in [-0.3, -0.25) is 0 Å². The van der Waals surface area contributed by atoms with E-state index in [1.54, 1.807) is 0 Å². The van der Waals surface area contributed by atoms with Crippen molar-refractivity contribution >= 4 is 11.3 Å². The topological polar surface area (TPSA) is 24.9 Å². The summed E-state index contributed by atoms with van der Waals surface area (Å²) in [6.45, 7) is 4.56. The van der Waals surface area contributed by atoms with Gasteiger partial charge in [0.25, 0.3) is 0 Å². The van der Waals surface area contributed by atoms with Crippen LogP contribution in [0.15, 0.2) is 0 Å². The molecule has 0 saturated heterocycles. The molecule has 0 spiro atoms. The van der Waals surface area contributed by atoms with Crippen LogP contribution in [-0.4, -0.2) is 12.0 Å². The molecular formula is C13H22N2S. The molecule has 90 valence electrons. The Hall–Kier alpha value is -0.410. The lowest BCUT2D eigenvalue weighted by atomic mass is 9.98. The quantitative estimate of drug-likeness (QED) is 0.870. The van der Waals surface area contributed by atoms with E-state index in [1.807, 2.05) is 11.3 Å². The second kappa shape index (κ2) is 5.28. The predicted octanol–water partition coefficient (Wildman–Crippen LogP) is 3.33. The molecule has 1 heterocycles. The standard InChI is InChI=1S/C13H22N2S/c1-9(2)7-8-12-15-11-6-4-5-10(14-3)13(11)16-12/h9-10,14H,4-8H2,1-3H3. The van der Waals surface area contributed by atoms with Gasteiger partial charge in [0.15, 0.2) is 0 Å². The highest BCUT2D eigenvalue weighted by atomic mass is 32.1. The van der Waals surface area contributed by atoms with Crippen LogP contribution in [0.2, 0.25) is 0 Å². The van der Waals surface area contributed by atoms with Crippen LogP contribution in [-0.2, 0) is 12.8 Å². The van der Waals surface area contributed by atoms with Gasteiger partial charge in [-0.2, -0.15) is 0 Å². The van der Waals surface area contributed by atoms with Gasteiger partial charge in [0.05, 0.1) is 10.7 Å². The lowest BCUT2D eigenvalue weighted by Crippen LogP contribution is -2.19. The van der Waals surface area contributed by atoms with E-state index in [4.69, 9.17) is 4.98 Å². The maximum absolute atomic E-state index is 4.80. The summed E-state index contributed by atoms with van der Waals surface area (Å²) in [7, 11) is 2.06. The summed E-state index contributed by atoms with van der Waals surface area (Å²) in [5.74, 6) is 0.779. The maximum Gasteiger partial charge on any atom is 0.0931 e. The minimum atomic E-state index is 0.564. The van der Waals surface area contributed by atoms with E-state index in [9.17, 15) is 0 Å². The second-order valence-electron chi connectivity index (χ2n) is 5.08. The molecule has 0 radical (unpaired) electrons. The first-order chi connectivity index (χ1) is 7.70.